The number of aromatic nitrogens is 1. The highest BCUT2D eigenvalue weighted by Crippen LogP contribution is 2.32. The largest absolute Gasteiger partial charge is 0.325 e. The molecule has 1 fully saturated rings. The van der Waals surface area contributed by atoms with Gasteiger partial charge in [0, 0.05) is 23.6 Å². The van der Waals surface area contributed by atoms with Crippen LogP contribution in [-0.2, 0) is 9.59 Å². The molecule has 3 rings (SSSR count). The van der Waals surface area contributed by atoms with Crippen molar-refractivity contribution in [2.45, 2.75) is 12.8 Å². The van der Waals surface area contributed by atoms with Crippen molar-refractivity contribution in [3.05, 3.63) is 63.7 Å². The summed E-state index contributed by atoms with van der Waals surface area (Å²) >= 11 is 10.0. The molecular formula is C19H16BrN3O2S2. The van der Waals surface area contributed by atoms with Crippen LogP contribution in [0.5, 0.6) is 0 Å². The van der Waals surface area contributed by atoms with E-state index in [0.717, 1.165) is 10.0 Å². The summed E-state index contributed by atoms with van der Waals surface area (Å²) in [6.07, 6.45) is 5.90. The second-order valence-corrected chi connectivity index (χ2v) is 8.37. The Balaban J connectivity index is 1.53. The summed E-state index contributed by atoms with van der Waals surface area (Å²) in [5, 5.41) is 2.78. The first-order chi connectivity index (χ1) is 13.0. The van der Waals surface area contributed by atoms with Crippen LogP contribution in [0.4, 0.5) is 5.69 Å². The molecule has 0 atom stereocenters. The van der Waals surface area contributed by atoms with E-state index < -0.39 is 0 Å². The van der Waals surface area contributed by atoms with Crippen molar-refractivity contribution in [3.8, 4) is 0 Å². The molecule has 0 bridgehead atoms. The van der Waals surface area contributed by atoms with E-state index in [1.165, 1.54) is 11.8 Å². The number of pyridine rings is 1. The highest BCUT2D eigenvalue weighted by Gasteiger charge is 2.31. The van der Waals surface area contributed by atoms with Gasteiger partial charge in [-0.2, -0.15) is 0 Å². The van der Waals surface area contributed by atoms with Crippen LogP contribution in [0.1, 0.15) is 18.4 Å². The van der Waals surface area contributed by atoms with Crippen molar-refractivity contribution in [2.24, 2.45) is 0 Å². The number of thiocarbonyl (C=S) groups is 1. The maximum absolute atomic E-state index is 12.6. The SMILES string of the molecule is O=C(CCCN1C(=O)C(=Cc2ccc(Br)cc2)SC1=S)Nc1cccnc1. The third-order valence-corrected chi connectivity index (χ3v) is 5.68. The summed E-state index contributed by atoms with van der Waals surface area (Å²) in [4.78, 5) is 30.7. The van der Waals surface area contributed by atoms with Crippen molar-refractivity contribution in [1.29, 1.82) is 0 Å². The molecule has 1 aromatic heterocycles. The van der Waals surface area contributed by atoms with Crippen LogP contribution in [0.15, 0.2) is 58.2 Å². The van der Waals surface area contributed by atoms with Crippen LogP contribution in [0, 0.1) is 0 Å². The molecule has 1 saturated heterocycles. The summed E-state index contributed by atoms with van der Waals surface area (Å²) in [5.41, 5.74) is 1.60. The molecule has 138 valence electrons. The first kappa shape index (κ1) is 19.7. The molecule has 1 aliphatic heterocycles. The molecule has 1 N–H and O–H groups in total. The van der Waals surface area contributed by atoms with Gasteiger partial charge in [-0.05, 0) is 42.3 Å². The Morgan fingerprint density at radius 3 is 2.78 bits per heavy atom. The maximum Gasteiger partial charge on any atom is 0.266 e. The molecule has 0 aliphatic carbocycles. The summed E-state index contributed by atoms with van der Waals surface area (Å²) in [7, 11) is 0. The number of benzene rings is 1. The van der Waals surface area contributed by atoms with Crippen LogP contribution in [0.25, 0.3) is 6.08 Å². The highest BCUT2D eigenvalue weighted by molar-refractivity contribution is 9.10. The number of rotatable bonds is 6. The number of nitrogens with one attached hydrogen (secondary N) is 1. The fourth-order valence-electron chi connectivity index (χ4n) is 2.46. The van der Waals surface area contributed by atoms with Crippen LogP contribution >= 0.6 is 39.9 Å². The zero-order chi connectivity index (χ0) is 19.2. The predicted octanol–water partition coefficient (Wildman–Crippen LogP) is 4.46. The Hall–Kier alpha value is -2.03. The molecule has 8 heteroatoms. The minimum absolute atomic E-state index is 0.111. The normalized spacial score (nSPS) is 15.4. The number of anilines is 1. The van der Waals surface area contributed by atoms with Gasteiger partial charge < -0.3 is 5.32 Å². The van der Waals surface area contributed by atoms with E-state index in [0.29, 0.717) is 34.3 Å². The summed E-state index contributed by atoms with van der Waals surface area (Å²) in [6.45, 7) is 0.419. The Kier molecular flexibility index (Phi) is 6.76. The molecular weight excluding hydrogens is 446 g/mol. The molecule has 2 heterocycles. The Bertz CT molecular complexity index is 886. The summed E-state index contributed by atoms with van der Waals surface area (Å²) in [6, 6.07) is 11.2. The number of amides is 2. The lowest BCUT2D eigenvalue weighted by Crippen LogP contribution is -2.29. The minimum Gasteiger partial charge on any atom is -0.325 e. The number of hydrogen-bond donors (Lipinski definition) is 1. The van der Waals surface area contributed by atoms with Gasteiger partial charge in [-0.25, -0.2) is 0 Å². The smallest absolute Gasteiger partial charge is 0.266 e. The quantitative estimate of drug-likeness (QED) is 0.507. The van der Waals surface area contributed by atoms with Crippen molar-refractivity contribution >= 4 is 67.8 Å². The van der Waals surface area contributed by atoms with Gasteiger partial charge in [-0.3, -0.25) is 19.5 Å². The lowest BCUT2D eigenvalue weighted by Gasteiger charge is -2.14. The highest BCUT2D eigenvalue weighted by atomic mass is 79.9. The molecule has 0 spiro atoms. The van der Waals surface area contributed by atoms with Crippen LogP contribution < -0.4 is 5.32 Å². The number of hydrogen-bond acceptors (Lipinski definition) is 5. The average molecular weight is 462 g/mol. The molecule has 2 amide bonds. The lowest BCUT2D eigenvalue weighted by molar-refractivity contribution is -0.122. The van der Waals surface area contributed by atoms with Gasteiger partial charge in [0.2, 0.25) is 5.91 Å². The zero-order valence-electron chi connectivity index (χ0n) is 14.2. The average Bonchev–Trinajstić information content (AvgIpc) is 2.92. The molecule has 1 aromatic carbocycles. The maximum atomic E-state index is 12.6. The van der Waals surface area contributed by atoms with Crippen molar-refractivity contribution in [1.82, 2.24) is 9.88 Å². The van der Waals surface area contributed by atoms with Crippen LogP contribution in [0.3, 0.4) is 0 Å². The molecule has 0 unspecified atom stereocenters. The topological polar surface area (TPSA) is 62.3 Å². The van der Waals surface area contributed by atoms with E-state index in [4.69, 9.17) is 12.2 Å². The molecule has 5 nitrogen and oxygen atoms in total. The van der Waals surface area contributed by atoms with Gasteiger partial charge in [-0.15, -0.1) is 0 Å². The lowest BCUT2D eigenvalue weighted by atomic mass is 10.2. The van der Waals surface area contributed by atoms with Crippen molar-refractivity contribution < 1.29 is 9.59 Å². The van der Waals surface area contributed by atoms with Gasteiger partial charge in [0.05, 0.1) is 16.8 Å². The van der Waals surface area contributed by atoms with Crippen molar-refractivity contribution in [3.63, 3.8) is 0 Å². The van der Waals surface area contributed by atoms with Crippen LogP contribution in [0.2, 0.25) is 0 Å². The van der Waals surface area contributed by atoms with Crippen molar-refractivity contribution in [2.75, 3.05) is 11.9 Å². The zero-order valence-corrected chi connectivity index (χ0v) is 17.4. The van der Waals surface area contributed by atoms with E-state index in [1.54, 1.807) is 29.4 Å². The Labute approximate surface area is 175 Å². The first-order valence-corrected chi connectivity index (χ1v) is 10.3. The van der Waals surface area contributed by atoms with Gasteiger partial charge in [-0.1, -0.05) is 52.0 Å². The van der Waals surface area contributed by atoms with Gasteiger partial charge in [0.15, 0.2) is 0 Å². The minimum atomic E-state index is -0.112. The third kappa shape index (κ3) is 5.47. The molecule has 0 radical (unpaired) electrons. The van der Waals surface area contributed by atoms with Gasteiger partial charge in [0.25, 0.3) is 5.91 Å². The Morgan fingerprint density at radius 1 is 1.30 bits per heavy atom. The molecule has 1 aliphatic rings. The summed E-state index contributed by atoms with van der Waals surface area (Å²) < 4.78 is 1.51. The fourth-order valence-corrected chi connectivity index (χ4v) is 4.03. The number of nitrogens with zero attached hydrogens (tertiary/aromatic N) is 2. The van der Waals surface area contributed by atoms with Gasteiger partial charge in [0.1, 0.15) is 4.32 Å². The standard InChI is InChI=1S/C19H16BrN3O2S2/c20-14-7-5-13(6-8-14)11-16-18(25)23(19(26)27-16)10-2-4-17(24)22-15-3-1-9-21-12-15/h1,3,5-9,11-12H,2,4,10H2,(H,22,24). The number of halogens is 1. The number of carbonyl (C=O) groups excluding carboxylic acids is 2. The van der Waals surface area contributed by atoms with E-state index >= 15 is 0 Å². The predicted molar refractivity (Wildman–Crippen MR) is 116 cm³/mol. The van der Waals surface area contributed by atoms with E-state index in [-0.39, 0.29) is 11.8 Å². The summed E-state index contributed by atoms with van der Waals surface area (Å²) in [5.74, 6) is -0.223. The van der Waals surface area contributed by atoms with E-state index in [2.05, 4.69) is 26.2 Å². The van der Waals surface area contributed by atoms with Crippen LogP contribution in [-0.4, -0.2) is 32.6 Å². The number of thioether (sulfide) groups is 1. The Morgan fingerprint density at radius 2 is 2.07 bits per heavy atom. The van der Waals surface area contributed by atoms with E-state index in [1.807, 2.05) is 30.3 Å². The number of carbonyl (C=O) groups is 2. The molecule has 0 saturated carbocycles. The second kappa shape index (κ2) is 9.25. The molecule has 2 aromatic rings. The fraction of sp³-hybridized carbons (Fsp3) is 0.158. The van der Waals surface area contributed by atoms with Gasteiger partial charge >= 0.3 is 0 Å². The first-order valence-electron chi connectivity index (χ1n) is 8.24. The second-order valence-electron chi connectivity index (χ2n) is 5.78. The van der Waals surface area contributed by atoms with E-state index in [9.17, 15) is 9.59 Å². The third-order valence-electron chi connectivity index (χ3n) is 3.77. The molecule has 27 heavy (non-hydrogen) atoms. The monoisotopic (exact) mass is 461 g/mol.